The van der Waals surface area contributed by atoms with Crippen molar-refractivity contribution in [2.75, 3.05) is 32.8 Å². The van der Waals surface area contributed by atoms with E-state index in [0.29, 0.717) is 29.1 Å². The summed E-state index contributed by atoms with van der Waals surface area (Å²) in [6.45, 7) is 10.6. The molecule has 2 aromatic rings. The molecular formula is C22H33N5O2S. The first-order chi connectivity index (χ1) is 14.5. The number of H-pyrrole nitrogens is 1. The number of nitrogens with one attached hydrogen (secondary N) is 2. The lowest BCUT2D eigenvalue weighted by atomic mass is 9.92. The van der Waals surface area contributed by atoms with Gasteiger partial charge < -0.3 is 10.1 Å². The number of carbonyl (C=O) groups is 1. The highest BCUT2D eigenvalue weighted by Gasteiger charge is 2.27. The minimum absolute atomic E-state index is 0.0504. The summed E-state index contributed by atoms with van der Waals surface area (Å²) in [6.07, 6.45) is 2.19. The second-order valence-electron chi connectivity index (χ2n) is 7.90. The number of hydrogen-bond acceptors (Lipinski definition) is 5. The maximum Gasteiger partial charge on any atom is 0.240 e. The Balaban J connectivity index is 1.69. The number of rotatable bonds is 9. The van der Waals surface area contributed by atoms with Gasteiger partial charge in [0.05, 0.1) is 13.2 Å². The summed E-state index contributed by atoms with van der Waals surface area (Å²) < 4.78 is 7.73. The van der Waals surface area contributed by atoms with E-state index in [0.717, 1.165) is 50.3 Å². The van der Waals surface area contributed by atoms with Gasteiger partial charge in [0.15, 0.2) is 10.6 Å². The quantitative estimate of drug-likeness (QED) is 0.597. The molecule has 164 valence electrons. The highest BCUT2D eigenvalue weighted by molar-refractivity contribution is 7.71. The Labute approximate surface area is 183 Å². The van der Waals surface area contributed by atoms with Crippen LogP contribution in [0.4, 0.5) is 0 Å². The van der Waals surface area contributed by atoms with Crippen molar-refractivity contribution in [1.82, 2.24) is 25.0 Å². The lowest BCUT2D eigenvalue weighted by Gasteiger charge is -2.38. The molecule has 0 radical (unpaired) electrons. The Morgan fingerprint density at radius 2 is 2.03 bits per heavy atom. The van der Waals surface area contributed by atoms with Gasteiger partial charge in [-0.2, -0.15) is 5.10 Å². The van der Waals surface area contributed by atoms with Crippen LogP contribution in [0.1, 0.15) is 32.3 Å². The molecule has 2 N–H and O–H groups in total. The third-order valence-electron chi connectivity index (χ3n) is 5.95. The molecule has 1 aliphatic rings. The molecule has 8 heteroatoms. The molecule has 1 unspecified atom stereocenters. The first-order valence-electron chi connectivity index (χ1n) is 10.8. The summed E-state index contributed by atoms with van der Waals surface area (Å²) in [7, 11) is 0. The number of nitrogens with zero attached hydrogens (tertiary/aromatic N) is 3. The molecule has 1 saturated heterocycles. The summed E-state index contributed by atoms with van der Waals surface area (Å²) in [5.74, 6) is 1.18. The third-order valence-corrected chi connectivity index (χ3v) is 6.26. The Hall–Kier alpha value is -2.03. The number of morpholine rings is 1. The molecule has 0 spiro atoms. The third kappa shape index (κ3) is 5.56. The average molecular weight is 432 g/mol. The minimum Gasteiger partial charge on any atom is -0.379 e. The van der Waals surface area contributed by atoms with Crippen LogP contribution in [-0.2, 0) is 16.1 Å². The molecule has 0 saturated carbocycles. The monoisotopic (exact) mass is 431 g/mol. The van der Waals surface area contributed by atoms with Gasteiger partial charge in [0, 0.05) is 31.2 Å². The van der Waals surface area contributed by atoms with Gasteiger partial charge in [0.25, 0.3) is 0 Å². The summed E-state index contributed by atoms with van der Waals surface area (Å²) in [6, 6.07) is 8.36. The van der Waals surface area contributed by atoms with Gasteiger partial charge in [-0.1, -0.05) is 50.5 Å². The number of aryl methyl sites for hydroxylation is 1. The highest BCUT2D eigenvalue weighted by atomic mass is 32.1. The smallest absolute Gasteiger partial charge is 0.240 e. The van der Waals surface area contributed by atoms with E-state index in [1.807, 2.05) is 31.2 Å². The van der Waals surface area contributed by atoms with Crippen molar-refractivity contribution >= 4 is 18.1 Å². The Bertz CT molecular complexity index is 884. The van der Waals surface area contributed by atoms with Crippen LogP contribution in [-0.4, -0.2) is 64.5 Å². The molecule has 30 heavy (non-hydrogen) atoms. The molecular weight excluding hydrogens is 398 g/mol. The number of aromatic amines is 1. The Morgan fingerprint density at radius 1 is 1.30 bits per heavy atom. The first-order valence-corrected chi connectivity index (χ1v) is 11.2. The molecule has 1 atom stereocenters. The molecule has 1 aromatic carbocycles. The molecule has 1 amide bonds. The number of benzene rings is 1. The zero-order chi connectivity index (χ0) is 21.5. The topological polar surface area (TPSA) is 75.2 Å². The van der Waals surface area contributed by atoms with E-state index in [2.05, 4.69) is 34.3 Å². The van der Waals surface area contributed by atoms with Gasteiger partial charge in [-0.3, -0.25) is 19.4 Å². The van der Waals surface area contributed by atoms with E-state index in [-0.39, 0.29) is 12.5 Å². The molecule has 2 heterocycles. The van der Waals surface area contributed by atoms with E-state index < -0.39 is 0 Å². The number of hydrogen-bond donors (Lipinski definition) is 2. The van der Waals surface area contributed by atoms with Crippen molar-refractivity contribution in [1.29, 1.82) is 0 Å². The summed E-state index contributed by atoms with van der Waals surface area (Å²) in [5.41, 5.74) is 2.08. The molecule has 0 aliphatic carbocycles. The maximum atomic E-state index is 12.8. The van der Waals surface area contributed by atoms with Crippen molar-refractivity contribution in [3.8, 4) is 11.4 Å². The van der Waals surface area contributed by atoms with Crippen molar-refractivity contribution in [2.24, 2.45) is 5.92 Å². The van der Waals surface area contributed by atoms with Crippen molar-refractivity contribution in [3.05, 3.63) is 34.6 Å². The number of ether oxygens (including phenoxy) is 1. The maximum absolute atomic E-state index is 12.8. The lowest BCUT2D eigenvalue weighted by Crippen LogP contribution is -2.52. The largest absolute Gasteiger partial charge is 0.379 e. The van der Waals surface area contributed by atoms with E-state index >= 15 is 0 Å². The van der Waals surface area contributed by atoms with Crippen LogP contribution in [0, 0.1) is 17.6 Å². The predicted molar refractivity (Wildman–Crippen MR) is 121 cm³/mol. The first kappa shape index (κ1) is 22.7. The standard InChI is InChI=1S/C22H33N5O2S/c1-4-17(5-2)19(26-9-11-29-12-10-26)14-23-20(28)15-27-21(24-25-22(27)30)18-8-6-7-16(3)13-18/h6-8,13,17,19H,4-5,9-12,14-15H2,1-3H3,(H,23,28)(H,25,30). The van der Waals surface area contributed by atoms with Crippen LogP contribution in [0.25, 0.3) is 11.4 Å². The Morgan fingerprint density at radius 3 is 2.70 bits per heavy atom. The molecule has 1 aliphatic heterocycles. The van der Waals surface area contributed by atoms with Crippen LogP contribution in [0.2, 0.25) is 0 Å². The lowest BCUT2D eigenvalue weighted by molar-refractivity contribution is -0.122. The van der Waals surface area contributed by atoms with Crippen LogP contribution in [0.3, 0.4) is 0 Å². The number of amides is 1. The zero-order valence-corrected chi connectivity index (χ0v) is 19.0. The fourth-order valence-electron chi connectivity index (χ4n) is 4.22. The van der Waals surface area contributed by atoms with Gasteiger partial charge in [-0.05, 0) is 31.1 Å². The van der Waals surface area contributed by atoms with E-state index in [4.69, 9.17) is 17.0 Å². The summed E-state index contributed by atoms with van der Waals surface area (Å²) in [4.78, 5) is 15.3. The fraction of sp³-hybridized carbons (Fsp3) is 0.591. The highest BCUT2D eigenvalue weighted by Crippen LogP contribution is 2.20. The number of aromatic nitrogens is 3. The fourth-order valence-corrected chi connectivity index (χ4v) is 4.42. The summed E-state index contributed by atoms with van der Waals surface area (Å²) in [5, 5.41) is 10.3. The van der Waals surface area contributed by atoms with E-state index in [1.165, 1.54) is 0 Å². The number of carbonyl (C=O) groups excluding carboxylic acids is 1. The Kier molecular flexibility index (Phi) is 8.18. The van der Waals surface area contributed by atoms with Crippen LogP contribution < -0.4 is 5.32 Å². The second kappa shape index (κ2) is 10.8. The predicted octanol–water partition coefficient (Wildman–Crippen LogP) is 3.17. The van der Waals surface area contributed by atoms with Gasteiger partial charge >= 0.3 is 0 Å². The van der Waals surface area contributed by atoms with Crippen LogP contribution >= 0.6 is 12.2 Å². The average Bonchev–Trinajstić information content (AvgIpc) is 3.12. The van der Waals surface area contributed by atoms with Crippen LogP contribution in [0.5, 0.6) is 0 Å². The van der Waals surface area contributed by atoms with Crippen LogP contribution in [0.15, 0.2) is 24.3 Å². The van der Waals surface area contributed by atoms with Gasteiger partial charge in [0.2, 0.25) is 5.91 Å². The van der Waals surface area contributed by atoms with E-state index in [9.17, 15) is 4.79 Å². The minimum atomic E-state index is -0.0504. The van der Waals surface area contributed by atoms with Crippen molar-refractivity contribution in [2.45, 2.75) is 46.2 Å². The van der Waals surface area contributed by atoms with Crippen molar-refractivity contribution < 1.29 is 9.53 Å². The molecule has 0 bridgehead atoms. The molecule has 1 fully saturated rings. The van der Waals surface area contributed by atoms with Gasteiger partial charge in [-0.25, -0.2) is 0 Å². The van der Waals surface area contributed by atoms with E-state index in [1.54, 1.807) is 4.57 Å². The zero-order valence-electron chi connectivity index (χ0n) is 18.2. The summed E-state index contributed by atoms with van der Waals surface area (Å²) >= 11 is 5.38. The normalized spacial score (nSPS) is 16.0. The molecule has 7 nitrogen and oxygen atoms in total. The molecule has 1 aromatic heterocycles. The second-order valence-corrected chi connectivity index (χ2v) is 8.29. The molecule has 3 rings (SSSR count). The van der Waals surface area contributed by atoms with Gasteiger partial charge in [0.1, 0.15) is 6.54 Å². The SMILES string of the molecule is CCC(CC)C(CNC(=O)Cn1c(-c2cccc(C)c2)n[nH]c1=S)N1CCOCC1. The van der Waals surface area contributed by atoms with Gasteiger partial charge in [-0.15, -0.1) is 0 Å². The van der Waals surface area contributed by atoms with Crippen molar-refractivity contribution in [3.63, 3.8) is 0 Å².